The molecule has 1 fully saturated rings. The zero-order chi connectivity index (χ0) is 13.0. The highest BCUT2D eigenvalue weighted by molar-refractivity contribution is 5.88. The van der Waals surface area contributed by atoms with Gasteiger partial charge in [-0.05, 0) is 43.0 Å². The van der Waals surface area contributed by atoms with Crippen molar-refractivity contribution in [1.82, 2.24) is 0 Å². The van der Waals surface area contributed by atoms with Crippen LogP contribution in [0.2, 0.25) is 0 Å². The molecule has 3 heteroatoms. The van der Waals surface area contributed by atoms with Gasteiger partial charge in [-0.1, -0.05) is 19.8 Å². The summed E-state index contributed by atoms with van der Waals surface area (Å²) >= 11 is 0. The molecule has 0 bridgehead atoms. The third-order valence-corrected chi connectivity index (χ3v) is 3.67. The predicted octanol–water partition coefficient (Wildman–Crippen LogP) is 3.64. The van der Waals surface area contributed by atoms with Gasteiger partial charge in [-0.15, -0.1) is 0 Å². The van der Waals surface area contributed by atoms with Gasteiger partial charge in [-0.3, -0.25) is 4.79 Å². The molecule has 2 atom stereocenters. The number of benzene rings is 1. The fourth-order valence-electron chi connectivity index (χ4n) is 2.60. The van der Waals surface area contributed by atoms with Crippen molar-refractivity contribution in [2.45, 2.75) is 45.6 Å². The summed E-state index contributed by atoms with van der Waals surface area (Å²) in [5.41, 5.74) is 1.99. The molecule has 2 rings (SSSR count). The van der Waals surface area contributed by atoms with E-state index in [2.05, 4.69) is 17.6 Å². The van der Waals surface area contributed by atoms with Gasteiger partial charge in [0.15, 0.2) is 0 Å². The lowest BCUT2D eigenvalue weighted by Crippen LogP contribution is -2.30. The second kappa shape index (κ2) is 5.89. The third-order valence-electron chi connectivity index (χ3n) is 3.67. The second-order valence-corrected chi connectivity index (χ2v) is 5.27. The van der Waals surface area contributed by atoms with E-state index in [-0.39, 0.29) is 5.91 Å². The van der Waals surface area contributed by atoms with Crippen molar-refractivity contribution in [3.05, 3.63) is 24.3 Å². The summed E-state index contributed by atoms with van der Waals surface area (Å²) in [6, 6.07) is 8.54. The van der Waals surface area contributed by atoms with E-state index in [0.29, 0.717) is 6.04 Å². The normalized spacial score (nSPS) is 23.4. The van der Waals surface area contributed by atoms with Gasteiger partial charge in [0.25, 0.3) is 0 Å². The van der Waals surface area contributed by atoms with Gasteiger partial charge in [0.2, 0.25) is 5.91 Å². The fourth-order valence-corrected chi connectivity index (χ4v) is 2.60. The van der Waals surface area contributed by atoms with Gasteiger partial charge in [0.1, 0.15) is 0 Å². The number of anilines is 2. The minimum Gasteiger partial charge on any atom is -0.382 e. The Balaban J connectivity index is 1.95. The van der Waals surface area contributed by atoms with Gasteiger partial charge in [0.05, 0.1) is 0 Å². The van der Waals surface area contributed by atoms with Crippen LogP contribution >= 0.6 is 0 Å². The molecule has 1 amide bonds. The molecule has 2 N–H and O–H groups in total. The van der Waals surface area contributed by atoms with E-state index in [9.17, 15) is 4.79 Å². The predicted molar refractivity (Wildman–Crippen MR) is 75.8 cm³/mol. The van der Waals surface area contributed by atoms with E-state index in [1.165, 1.54) is 32.6 Å². The monoisotopic (exact) mass is 246 g/mol. The summed E-state index contributed by atoms with van der Waals surface area (Å²) < 4.78 is 0. The second-order valence-electron chi connectivity index (χ2n) is 5.27. The van der Waals surface area contributed by atoms with Gasteiger partial charge in [-0.25, -0.2) is 0 Å². The first-order chi connectivity index (χ1) is 8.65. The van der Waals surface area contributed by atoms with Crippen LogP contribution in [0.3, 0.4) is 0 Å². The Morgan fingerprint density at radius 2 is 1.72 bits per heavy atom. The van der Waals surface area contributed by atoms with Crippen molar-refractivity contribution >= 4 is 17.3 Å². The van der Waals surface area contributed by atoms with Crippen molar-refractivity contribution in [3.63, 3.8) is 0 Å². The minimum absolute atomic E-state index is 0.0309. The quantitative estimate of drug-likeness (QED) is 0.855. The number of rotatable bonds is 3. The fraction of sp³-hybridized carbons (Fsp3) is 0.533. The molecule has 0 saturated heterocycles. The summed E-state index contributed by atoms with van der Waals surface area (Å²) in [5, 5.41) is 6.38. The van der Waals surface area contributed by atoms with Crippen LogP contribution in [0.4, 0.5) is 11.4 Å². The number of amides is 1. The molecule has 1 aliphatic rings. The highest BCUT2D eigenvalue weighted by atomic mass is 16.1. The van der Waals surface area contributed by atoms with Crippen LogP contribution in [0.15, 0.2) is 24.3 Å². The molecular weight excluding hydrogens is 224 g/mol. The lowest BCUT2D eigenvalue weighted by atomic mass is 9.86. The summed E-state index contributed by atoms with van der Waals surface area (Å²) in [5.74, 6) is 0.713. The Hall–Kier alpha value is -1.51. The molecule has 18 heavy (non-hydrogen) atoms. The van der Waals surface area contributed by atoms with Crippen molar-refractivity contribution in [2.75, 3.05) is 10.6 Å². The zero-order valence-corrected chi connectivity index (χ0v) is 11.2. The molecular formula is C15H22N2O. The van der Waals surface area contributed by atoms with Crippen molar-refractivity contribution in [1.29, 1.82) is 0 Å². The topological polar surface area (TPSA) is 41.1 Å². The van der Waals surface area contributed by atoms with Crippen LogP contribution in [0.1, 0.15) is 39.5 Å². The molecule has 0 radical (unpaired) electrons. The van der Waals surface area contributed by atoms with Crippen LogP contribution in [0, 0.1) is 5.92 Å². The average molecular weight is 246 g/mol. The Kier molecular flexibility index (Phi) is 4.24. The summed E-state index contributed by atoms with van der Waals surface area (Å²) in [6.45, 7) is 3.85. The largest absolute Gasteiger partial charge is 0.382 e. The van der Waals surface area contributed by atoms with E-state index in [0.717, 1.165) is 17.3 Å². The third kappa shape index (κ3) is 3.49. The molecule has 0 aliphatic heterocycles. The van der Waals surface area contributed by atoms with Crippen LogP contribution in [-0.2, 0) is 4.79 Å². The van der Waals surface area contributed by atoms with Gasteiger partial charge in [-0.2, -0.15) is 0 Å². The van der Waals surface area contributed by atoms with Crippen molar-refractivity contribution < 1.29 is 4.79 Å². The lowest BCUT2D eigenvalue weighted by Gasteiger charge is -2.30. The number of carbonyl (C=O) groups excluding carboxylic acids is 1. The van der Waals surface area contributed by atoms with E-state index >= 15 is 0 Å². The number of hydrogen-bond acceptors (Lipinski definition) is 2. The first-order valence-electron chi connectivity index (χ1n) is 6.79. The maximum atomic E-state index is 10.9. The lowest BCUT2D eigenvalue weighted by molar-refractivity contribution is -0.114. The Morgan fingerprint density at radius 1 is 1.11 bits per heavy atom. The Bertz CT molecular complexity index is 399. The molecule has 1 aromatic rings. The van der Waals surface area contributed by atoms with Crippen molar-refractivity contribution in [3.8, 4) is 0 Å². The highest BCUT2D eigenvalue weighted by Gasteiger charge is 2.20. The van der Waals surface area contributed by atoms with Crippen LogP contribution in [0.5, 0.6) is 0 Å². The van der Waals surface area contributed by atoms with E-state index < -0.39 is 0 Å². The average Bonchev–Trinajstić information content (AvgIpc) is 2.34. The summed E-state index contributed by atoms with van der Waals surface area (Å²) in [6.07, 6.45) is 5.27. The first-order valence-corrected chi connectivity index (χ1v) is 6.79. The standard InChI is InChI=1S/C15H22N2O/c1-11-5-3-4-6-15(11)17-14-9-7-13(8-10-14)16-12(2)18/h7-11,15,17H,3-6H2,1-2H3,(H,16,18). The first kappa shape index (κ1) is 12.9. The summed E-state index contributed by atoms with van der Waals surface area (Å²) in [4.78, 5) is 10.9. The number of carbonyl (C=O) groups is 1. The molecule has 2 unspecified atom stereocenters. The van der Waals surface area contributed by atoms with E-state index in [1.54, 1.807) is 0 Å². The molecule has 98 valence electrons. The van der Waals surface area contributed by atoms with E-state index in [4.69, 9.17) is 0 Å². The number of hydrogen-bond donors (Lipinski definition) is 2. The summed E-state index contributed by atoms with van der Waals surface area (Å²) in [7, 11) is 0. The Morgan fingerprint density at radius 3 is 2.33 bits per heavy atom. The highest BCUT2D eigenvalue weighted by Crippen LogP contribution is 2.27. The zero-order valence-electron chi connectivity index (χ0n) is 11.2. The molecule has 0 spiro atoms. The molecule has 1 saturated carbocycles. The van der Waals surface area contributed by atoms with Crippen LogP contribution in [-0.4, -0.2) is 11.9 Å². The maximum absolute atomic E-state index is 10.9. The van der Waals surface area contributed by atoms with Crippen LogP contribution < -0.4 is 10.6 Å². The molecule has 0 heterocycles. The molecule has 0 aromatic heterocycles. The minimum atomic E-state index is -0.0309. The maximum Gasteiger partial charge on any atom is 0.221 e. The SMILES string of the molecule is CC(=O)Nc1ccc(NC2CCCCC2C)cc1. The Labute approximate surface area is 109 Å². The van der Waals surface area contributed by atoms with Crippen molar-refractivity contribution in [2.24, 2.45) is 5.92 Å². The van der Waals surface area contributed by atoms with Gasteiger partial charge >= 0.3 is 0 Å². The molecule has 3 nitrogen and oxygen atoms in total. The molecule has 1 aliphatic carbocycles. The smallest absolute Gasteiger partial charge is 0.221 e. The van der Waals surface area contributed by atoms with Gasteiger partial charge < -0.3 is 10.6 Å². The van der Waals surface area contributed by atoms with Crippen LogP contribution in [0.25, 0.3) is 0 Å². The molecule has 1 aromatic carbocycles. The number of nitrogens with one attached hydrogen (secondary N) is 2. The van der Waals surface area contributed by atoms with E-state index in [1.807, 2.05) is 24.3 Å². The van der Waals surface area contributed by atoms with Gasteiger partial charge in [0, 0.05) is 24.3 Å².